The molecular weight excluding hydrogens is 324 g/mol. The zero-order valence-electron chi connectivity index (χ0n) is 14.2. The van der Waals surface area contributed by atoms with Gasteiger partial charge in [-0.05, 0) is 51.1 Å². The van der Waals surface area contributed by atoms with Crippen LogP contribution in [0.25, 0.3) is 0 Å². The zero-order chi connectivity index (χ0) is 17.3. The van der Waals surface area contributed by atoms with Gasteiger partial charge in [-0.3, -0.25) is 9.59 Å². The molecule has 5 nitrogen and oxygen atoms in total. The third-order valence-electron chi connectivity index (χ3n) is 4.45. The molecule has 0 spiro atoms. The highest BCUT2D eigenvalue weighted by molar-refractivity contribution is 7.12. The summed E-state index contributed by atoms with van der Waals surface area (Å²) in [6.45, 7) is 6.36. The summed E-state index contributed by atoms with van der Waals surface area (Å²) in [6, 6.07) is 5.07. The lowest BCUT2D eigenvalue weighted by Crippen LogP contribution is -2.46. The highest BCUT2D eigenvalue weighted by atomic mass is 32.1. The Morgan fingerprint density at radius 1 is 1.42 bits per heavy atom. The van der Waals surface area contributed by atoms with Crippen molar-refractivity contribution >= 4 is 23.2 Å². The number of carbonyl (C=O) groups is 2. The van der Waals surface area contributed by atoms with Crippen LogP contribution in [-0.2, 0) is 4.79 Å². The molecule has 2 aromatic rings. The summed E-state index contributed by atoms with van der Waals surface area (Å²) in [4.78, 5) is 27.7. The molecule has 0 radical (unpaired) electrons. The molecule has 6 heteroatoms. The fourth-order valence-corrected chi connectivity index (χ4v) is 3.97. The number of aryl methyl sites for hydroxylation is 2. The number of hydrogen-bond donors (Lipinski definition) is 1. The highest BCUT2D eigenvalue weighted by Crippen LogP contribution is 2.25. The lowest BCUT2D eigenvalue weighted by Gasteiger charge is -2.25. The number of amides is 2. The standard InChI is InChI=1S/C18H22N2O3S/c1-11-10-14(13(3)23-11)12(2)19-17(21)15-6-4-8-20(15)18(22)16-7-5-9-24-16/h5,7,9-10,12,15H,4,6,8H2,1-3H3,(H,19,21)/t12-,15+/m1/s1. The maximum Gasteiger partial charge on any atom is 0.264 e. The van der Waals surface area contributed by atoms with E-state index in [0.29, 0.717) is 17.8 Å². The van der Waals surface area contributed by atoms with E-state index in [9.17, 15) is 9.59 Å². The van der Waals surface area contributed by atoms with Gasteiger partial charge in [0.25, 0.3) is 5.91 Å². The third kappa shape index (κ3) is 3.24. The SMILES string of the molecule is Cc1cc([C@@H](C)NC(=O)[C@@H]2CCCN2C(=O)c2cccs2)c(C)o1. The van der Waals surface area contributed by atoms with E-state index in [4.69, 9.17) is 4.42 Å². The van der Waals surface area contributed by atoms with Crippen LogP contribution in [0.15, 0.2) is 28.0 Å². The molecule has 0 unspecified atom stereocenters. The first-order chi connectivity index (χ1) is 11.5. The van der Waals surface area contributed by atoms with Gasteiger partial charge in [0, 0.05) is 12.1 Å². The van der Waals surface area contributed by atoms with Crippen LogP contribution in [0, 0.1) is 13.8 Å². The summed E-state index contributed by atoms with van der Waals surface area (Å²) in [5, 5.41) is 4.91. The number of thiophene rings is 1. The first kappa shape index (κ1) is 16.8. The monoisotopic (exact) mass is 346 g/mol. The molecule has 1 aliphatic heterocycles. The van der Waals surface area contributed by atoms with Crippen molar-refractivity contribution < 1.29 is 14.0 Å². The molecule has 1 aliphatic rings. The first-order valence-corrected chi connectivity index (χ1v) is 9.07. The zero-order valence-corrected chi connectivity index (χ0v) is 15.0. The number of rotatable bonds is 4. The Hall–Kier alpha value is -2.08. The number of hydrogen-bond acceptors (Lipinski definition) is 4. The van der Waals surface area contributed by atoms with Crippen LogP contribution < -0.4 is 5.32 Å². The Bertz CT molecular complexity index is 736. The predicted octanol–water partition coefficient (Wildman–Crippen LogP) is 3.44. The average Bonchev–Trinajstić information content (AvgIpc) is 3.26. The van der Waals surface area contributed by atoms with E-state index < -0.39 is 6.04 Å². The second-order valence-electron chi connectivity index (χ2n) is 6.23. The van der Waals surface area contributed by atoms with E-state index in [0.717, 1.165) is 23.5 Å². The summed E-state index contributed by atoms with van der Waals surface area (Å²) in [5.41, 5.74) is 0.981. The van der Waals surface area contributed by atoms with Crippen molar-refractivity contribution in [2.24, 2.45) is 0 Å². The molecule has 3 heterocycles. The average molecular weight is 346 g/mol. The van der Waals surface area contributed by atoms with E-state index in [1.54, 1.807) is 11.0 Å². The lowest BCUT2D eigenvalue weighted by molar-refractivity contribution is -0.125. The molecule has 0 aromatic carbocycles. The van der Waals surface area contributed by atoms with Gasteiger partial charge in [0.15, 0.2) is 0 Å². The molecular formula is C18H22N2O3S. The predicted molar refractivity (Wildman–Crippen MR) is 93.1 cm³/mol. The number of likely N-dealkylation sites (tertiary alicyclic amines) is 1. The van der Waals surface area contributed by atoms with Gasteiger partial charge in [0.1, 0.15) is 17.6 Å². The van der Waals surface area contributed by atoms with Crippen LogP contribution >= 0.6 is 11.3 Å². The Morgan fingerprint density at radius 2 is 2.21 bits per heavy atom. The van der Waals surface area contributed by atoms with Crippen LogP contribution in [-0.4, -0.2) is 29.3 Å². The highest BCUT2D eigenvalue weighted by Gasteiger charge is 2.35. The minimum absolute atomic E-state index is 0.0503. The minimum Gasteiger partial charge on any atom is -0.466 e. The van der Waals surface area contributed by atoms with E-state index >= 15 is 0 Å². The minimum atomic E-state index is -0.393. The van der Waals surface area contributed by atoms with E-state index in [1.165, 1.54) is 11.3 Å². The van der Waals surface area contributed by atoms with Gasteiger partial charge in [0.05, 0.1) is 10.9 Å². The fraction of sp³-hybridized carbons (Fsp3) is 0.444. The molecule has 2 aromatic heterocycles. The summed E-state index contributed by atoms with van der Waals surface area (Å²) >= 11 is 1.41. The fourth-order valence-electron chi connectivity index (χ4n) is 3.29. The Morgan fingerprint density at radius 3 is 2.83 bits per heavy atom. The lowest BCUT2D eigenvalue weighted by atomic mass is 10.1. The number of carbonyl (C=O) groups excluding carboxylic acids is 2. The van der Waals surface area contributed by atoms with Crippen LogP contribution in [0.1, 0.15) is 52.6 Å². The van der Waals surface area contributed by atoms with E-state index in [2.05, 4.69) is 5.32 Å². The smallest absolute Gasteiger partial charge is 0.264 e. The molecule has 2 amide bonds. The topological polar surface area (TPSA) is 62.6 Å². The Kier molecular flexibility index (Phi) is 4.76. The third-order valence-corrected chi connectivity index (χ3v) is 5.31. The van der Waals surface area contributed by atoms with Crippen molar-refractivity contribution in [2.45, 2.75) is 45.7 Å². The van der Waals surface area contributed by atoms with Crippen molar-refractivity contribution in [3.05, 3.63) is 45.5 Å². The molecule has 1 saturated heterocycles. The van der Waals surface area contributed by atoms with Crippen LogP contribution in [0.4, 0.5) is 0 Å². The van der Waals surface area contributed by atoms with Crippen molar-refractivity contribution in [1.82, 2.24) is 10.2 Å². The van der Waals surface area contributed by atoms with Gasteiger partial charge in [-0.15, -0.1) is 11.3 Å². The molecule has 24 heavy (non-hydrogen) atoms. The maximum atomic E-state index is 12.7. The number of nitrogens with zero attached hydrogens (tertiary/aromatic N) is 1. The van der Waals surface area contributed by atoms with Crippen LogP contribution in [0.3, 0.4) is 0 Å². The normalized spacial score (nSPS) is 18.6. The molecule has 3 rings (SSSR count). The summed E-state index contributed by atoms with van der Waals surface area (Å²) in [7, 11) is 0. The number of nitrogens with one attached hydrogen (secondary N) is 1. The molecule has 0 bridgehead atoms. The number of furan rings is 1. The summed E-state index contributed by atoms with van der Waals surface area (Å²) in [6.07, 6.45) is 1.56. The Labute approximate surface area is 145 Å². The van der Waals surface area contributed by atoms with Gasteiger partial charge in [-0.1, -0.05) is 6.07 Å². The van der Waals surface area contributed by atoms with E-state index in [-0.39, 0.29) is 17.9 Å². The second kappa shape index (κ2) is 6.81. The Balaban J connectivity index is 1.69. The van der Waals surface area contributed by atoms with Gasteiger partial charge < -0.3 is 14.6 Å². The molecule has 1 fully saturated rings. The summed E-state index contributed by atoms with van der Waals surface area (Å²) < 4.78 is 5.54. The van der Waals surface area contributed by atoms with Gasteiger partial charge >= 0.3 is 0 Å². The van der Waals surface area contributed by atoms with Crippen molar-refractivity contribution in [3.8, 4) is 0 Å². The molecule has 2 atom stereocenters. The van der Waals surface area contributed by atoms with Crippen LogP contribution in [0.2, 0.25) is 0 Å². The second-order valence-corrected chi connectivity index (χ2v) is 7.18. The molecule has 0 saturated carbocycles. The molecule has 1 N–H and O–H groups in total. The molecule has 128 valence electrons. The summed E-state index contributed by atoms with van der Waals surface area (Å²) in [5.74, 6) is 1.51. The largest absolute Gasteiger partial charge is 0.466 e. The van der Waals surface area contributed by atoms with Crippen molar-refractivity contribution in [2.75, 3.05) is 6.54 Å². The molecule has 0 aliphatic carbocycles. The van der Waals surface area contributed by atoms with Crippen LogP contribution in [0.5, 0.6) is 0 Å². The maximum absolute atomic E-state index is 12.7. The first-order valence-electron chi connectivity index (χ1n) is 8.19. The van der Waals surface area contributed by atoms with Gasteiger partial charge in [0.2, 0.25) is 5.91 Å². The quantitative estimate of drug-likeness (QED) is 0.922. The van der Waals surface area contributed by atoms with E-state index in [1.807, 2.05) is 38.3 Å². The van der Waals surface area contributed by atoms with Gasteiger partial charge in [-0.2, -0.15) is 0 Å². The van der Waals surface area contributed by atoms with Crippen molar-refractivity contribution in [1.29, 1.82) is 0 Å². The van der Waals surface area contributed by atoms with Crippen molar-refractivity contribution in [3.63, 3.8) is 0 Å². The van der Waals surface area contributed by atoms with Gasteiger partial charge in [-0.25, -0.2) is 0 Å².